The molecule has 20 heavy (non-hydrogen) atoms. The van der Waals surface area contributed by atoms with Crippen molar-refractivity contribution >= 4 is 5.78 Å². The lowest BCUT2D eigenvalue weighted by molar-refractivity contribution is -0.119. The van der Waals surface area contributed by atoms with Gasteiger partial charge in [-0.3, -0.25) is 9.78 Å². The first-order valence-corrected chi connectivity index (χ1v) is 7.29. The molecule has 3 rings (SSSR count). The average molecular weight is 265 g/mol. The number of nitrogens with zero attached hydrogens (tertiary/aromatic N) is 1. The molecular formula is C18H19NO. The molecule has 102 valence electrons. The van der Waals surface area contributed by atoms with Crippen LogP contribution in [0.2, 0.25) is 0 Å². The fourth-order valence-electron chi connectivity index (χ4n) is 2.70. The number of hydrogen-bond acceptors (Lipinski definition) is 2. The van der Waals surface area contributed by atoms with E-state index >= 15 is 0 Å². The predicted molar refractivity (Wildman–Crippen MR) is 79.6 cm³/mol. The number of benzene rings is 1. The number of ketones is 1. The fourth-order valence-corrected chi connectivity index (χ4v) is 2.70. The van der Waals surface area contributed by atoms with Gasteiger partial charge in [0, 0.05) is 24.2 Å². The first-order chi connectivity index (χ1) is 9.78. The highest BCUT2D eigenvalue weighted by Gasteiger charge is 2.43. The Hall–Kier alpha value is -1.96. The first kappa shape index (κ1) is 13.0. The summed E-state index contributed by atoms with van der Waals surface area (Å²) in [4.78, 5) is 16.6. The molecule has 0 spiro atoms. The fraction of sp³-hybridized carbons (Fsp3) is 0.333. The maximum atomic E-state index is 12.3. The minimum Gasteiger partial charge on any atom is -0.299 e. The summed E-state index contributed by atoms with van der Waals surface area (Å²) >= 11 is 0. The van der Waals surface area contributed by atoms with Crippen molar-refractivity contribution in [2.45, 2.75) is 32.1 Å². The van der Waals surface area contributed by atoms with Crippen molar-refractivity contribution in [1.82, 2.24) is 4.98 Å². The third kappa shape index (κ3) is 2.79. The van der Waals surface area contributed by atoms with Crippen LogP contribution in [0.4, 0.5) is 0 Å². The Morgan fingerprint density at radius 3 is 2.65 bits per heavy atom. The Kier molecular flexibility index (Phi) is 3.64. The van der Waals surface area contributed by atoms with E-state index in [1.807, 2.05) is 30.5 Å². The molecule has 1 heterocycles. The second-order valence-corrected chi connectivity index (χ2v) is 5.51. The zero-order valence-electron chi connectivity index (χ0n) is 11.8. The largest absolute Gasteiger partial charge is 0.299 e. The quantitative estimate of drug-likeness (QED) is 0.827. The summed E-state index contributed by atoms with van der Waals surface area (Å²) in [7, 11) is 0. The maximum Gasteiger partial charge on any atom is 0.142 e. The molecule has 1 aliphatic carbocycles. The van der Waals surface area contributed by atoms with Crippen molar-refractivity contribution in [2.75, 3.05) is 0 Å². The minimum absolute atomic E-state index is 0.199. The summed E-state index contributed by atoms with van der Waals surface area (Å²) < 4.78 is 0. The number of hydrogen-bond donors (Lipinski definition) is 0. The Balaban J connectivity index is 1.61. The van der Waals surface area contributed by atoms with E-state index in [1.54, 1.807) is 0 Å². The number of aryl methyl sites for hydroxylation is 1. The summed E-state index contributed by atoms with van der Waals surface area (Å²) in [5, 5.41) is 0. The Morgan fingerprint density at radius 1 is 1.20 bits per heavy atom. The van der Waals surface area contributed by atoms with Gasteiger partial charge in [-0.25, -0.2) is 0 Å². The number of pyridine rings is 1. The summed E-state index contributed by atoms with van der Waals surface area (Å²) in [5.41, 5.74) is 3.40. The third-order valence-corrected chi connectivity index (χ3v) is 4.08. The van der Waals surface area contributed by atoms with Crippen molar-refractivity contribution in [2.24, 2.45) is 5.92 Å². The monoisotopic (exact) mass is 265 g/mol. The van der Waals surface area contributed by atoms with Crippen molar-refractivity contribution in [3.05, 3.63) is 65.5 Å². The average Bonchev–Trinajstić information content (AvgIpc) is 3.29. The molecule has 2 unspecified atom stereocenters. The molecule has 2 aromatic rings. The van der Waals surface area contributed by atoms with Gasteiger partial charge >= 0.3 is 0 Å². The van der Waals surface area contributed by atoms with Gasteiger partial charge in [-0.05, 0) is 36.0 Å². The molecule has 1 aliphatic rings. The lowest BCUT2D eigenvalue weighted by Gasteiger charge is -2.02. The smallest absolute Gasteiger partial charge is 0.142 e. The van der Waals surface area contributed by atoms with Gasteiger partial charge in [-0.1, -0.05) is 43.3 Å². The molecule has 1 aromatic carbocycles. The number of aromatic nitrogens is 1. The Bertz CT molecular complexity index is 589. The number of carbonyl (C=O) groups excluding carboxylic acids is 1. The van der Waals surface area contributed by atoms with Gasteiger partial charge in [-0.2, -0.15) is 0 Å². The Labute approximate surface area is 119 Å². The lowest BCUT2D eigenvalue weighted by atomic mass is 10.0. The zero-order chi connectivity index (χ0) is 13.9. The van der Waals surface area contributed by atoms with Crippen LogP contribution in [0.15, 0.2) is 48.7 Å². The van der Waals surface area contributed by atoms with Gasteiger partial charge in [-0.15, -0.1) is 0 Å². The van der Waals surface area contributed by atoms with E-state index in [0.717, 1.165) is 18.5 Å². The molecule has 0 N–H and O–H groups in total. The molecule has 2 nitrogen and oxygen atoms in total. The molecule has 0 amide bonds. The molecular weight excluding hydrogens is 246 g/mol. The molecule has 1 fully saturated rings. The van der Waals surface area contributed by atoms with Gasteiger partial charge in [0.1, 0.15) is 5.78 Å². The molecule has 0 aliphatic heterocycles. The molecule has 1 saturated carbocycles. The molecule has 1 aromatic heterocycles. The molecule has 2 heteroatoms. The van der Waals surface area contributed by atoms with Crippen molar-refractivity contribution in [3.8, 4) is 0 Å². The van der Waals surface area contributed by atoms with Gasteiger partial charge in [0.15, 0.2) is 0 Å². The van der Waals surface area contributed by atoms with Gasteiger partial charge in [0.2, 0.25) is 0 Å². The van der Waals surface area contributed by atoms with E-state index < -0.39 is 0 Å². The summed E-state index contributed by atoms with van der Waals surface area (Å²) in [6, 6.07) is 14.4. The topological polar surface area (TPSA) is 30.0 Å². The van der Waals surface area contributed by atoms with Crippen LogP contribution in [0.1, 0.15) is 36.1 Å². The molecule has 2 atom stereocenters. The maximum absolute atomic E-state index is 12.3. The van der Waals surface area contributed by atoms with Crippen molar-refractivity contribution < 1.29 is 4.79 Å². The molecule has 0 saturated heterocycles. The van der Waals surface area contributed by atoms with Crippen LogP contribution in [0.3, 0.4) is 0 Å². The second kappa shape index (κ2) is 5.58. The highest BCUT2D eigenvalue weighted by molar-refractivity contribution is 5.86. The standard InChI is InChI=1S/C18H19NO/c1-2-13-8-9-15(19-12-13)10-18(20)17-11-16(17)14-6-4-3-5-7-14/h3-9,12,16-17H,2,10-11H2,1H3. The summed E-state index contributed by atoms with van der Waals surface area (Å²) in [6.45, 7) is 2.11. The van der Waals surface area contributed by atoms with Crippen LogP contribution in [-0.4, -0.2) is 10.8 Å². The van der Waals surface area contributed by atoms with E-state index in [-0.39, 0.29) is 5.92 Å². The van der Waals surface area contributed by atoms with Crippen LogP contribution < -0.4 is 0 Å². The van der Waals surface area contributed by atoms with E-state index in [0.29, 0.717) is 18.1 Å². The lowest BCUT2D eigenvalue weighted by Crippen LogP contribution is -2.07. The SMILES string of the molecule is CCc1ccc(CC(=O)C2CC2c2ccccc2)nc1. The van der Waals surface area contributed by atoms with Crippen LogP contribution in [-0.2, 0) is 17.6 Å². The van der Waals surface area contributed by atoms with E-state index in [9.17, 15) is 4.79 Å². The van der Waals surface area contributed by atoms with Gasteiger partial charge in [0.25, 0.3) is 0 Å². The van der Waals surface area contributed by atoms with Crippen molar-refractivity contribution in [3.63, 3.8) is 0 Å². The highest BCUT2D eigenvalue weighted by atomic mass is 16.1. The van der Waals surface area contributed by atoms with E-state index in [2.05, 4.69) is 30.1 Å². The first-order valence-electron chi connectivity index (χ1n) is 7.29. The Morgan fingerprint density at radius 2 is 2.00 bits per heavy atom. The van der Waals surface area contributed by atoms with Crippen molar-refractivity contribution in [1.29, 1.82) is 0 Å². The predicted octanol–water partition coefficient (Wildman–Crippen LogP) is 3.56. The zero-order valence-corrected chi connectivity index (χ0v) is 11.8. The van der Waals surface area contributed by atoms with Crippen LogP contribution in [0.5, 0.6) is 0 Å². The van der Waals surface area contributed by atoms with E-state index in [4.69, 9.17) is 0 Å². The van der Waals surface area contributed by atoms with Crippen LogP contribution >= 0.6 is 0 Å². The molecule has 0 bridgehead atoms. The number of rotatable bonds is 5. The number of Topliss-reactive ketones (excluding diaryl/α,β-unsaturated/α-hetero) is 1. The van der Waals surface area contributed by atoms with Gasteiger partial charge in [0.05, 0.1) is 0 Å². The highest BCUT2D eigenvalue weighted by Crippen LogP contribution is 2.48. The minimum atomic E-state index is 0.199. The second-order valence-electron chi connectivity index (χ2n) is 5.51. The summed E-state index contributed by atoms with van der Waals surface area (Å²) in [6.07, 6.45) is 4.33. The molecule has 0 radical (unpaired) electrons. The number of carbonyl (C=O) groups is 1. The van der Waals surface area contributed by atoms with Crippen LogP contribution in [0, 0.1) is 5.92 Å². The van der Waals surface area contributed by atoms with Gasteiger partial charge < -0.3 is 0 Å². The summed E-state index contributed by atoms with van der Waals surface area (Å²) in [5.74, 6) is 0.958. The third-order valence-electron chi connectivity index (χ3n) is 4.08. The normalized spacial score (nSPS) is 20.6. The van der Waals surface area contributed by atoms with Crippen LogP contribution in [0.25, 0.3) is 0 Å². The van der Waals surface area contributed by atoms with E-state index in [1.165, 1.54) is 11.1 Å².